The lowest BCUT2D eigenvalue weighted by Gasteiger charge is -2.12. The summed E-state index contributed by atoms with van der Waals surface area (Å²) in [5.74, 6) is -0.672. The Hall–Kier alpha value is -1.47. The van der Waals surface area contributed by atoms with Crippen molar-refractivity contribution in [1.29, 1.82) is 5.26 Å². The van der Waals surface area contributed by atoms with Crippen molar-refractivity contribution in [2.75, 3.05) is 0 Å². The summed E-state index contributed by atoms with van der Waals surface area (Å²) in [6.07, 6.45) is 0. The first-order valence-corrected chi connectivity index (χ1v) is 6.59. The molecule has 102 valence electrons. The predicted molar refractivity (Wildman–Crippen MR) is 77.4 cm³/mol. The molecule has 0 atom stereocenters. The van der Waals surface area contributed by atoms with Gasteiger partial charge in [-0.15, -0.1) is 0 Å². The Morgan fingerprint density at radius 1 is 1.20 bits per heavy atom. The van der Waals surface area contributed by atoms with E-state index in [-0.39, 0.29) is 32.1 Å². The molecule has 0 unspecified atom stereocenters. The van der Waals surface area contributed by atoms with Gasteiger partial charge in [-0.25, -0.2) is 4.39 Å². The van der Waals surface area contributed by atoms with Gasteiger partial charge in [0.05, 0.1) is 10.6 Å². The van der Waals surface area contributed by atoms with Crippen LogP contribution in [0.3, 0.4) is 0 Å². The van der Waals surface area contributed by atoms with Gasteiger partial charge in [-0.1, -0.05) is 40.9 Å². The third-order valence-corrected chi connectivity index (χ3v) is 3.48. The fourth-order valence-electron chi connectivity index (χ4n) is 1.55. The molecule has 2 rings (SSSR count). The maximum absolute atomic E-state index is 14.0. The topological polar surface area (TPSA) is 33.0 Å². The highest BCUT2D eigenvalue weighted by atomic mass is 35.5. The van der Waals surface area contributed by atoms with Crippen LogP contribution < -0.4 is 4.74 Å². The first-order chi connectivity index (χ1) is 9.43. The van der Waals surface area contributed by atoms with Crippen LogP contribution >= 0.6 is 34.8 Å². The van der Waals surface area contributed by atoms with Crippen LogP contribution in [-0.2, 0) is 0 Å². The van der Waals surface area contributed by atoms with Crippen molar-refractivity contribution in [2.24, 2.45) is 0 Å². The lowest BCUT2D eigenvalue weighted by atomic mass is 10.2. The molecule has 0 aliphatic heterocycles. The van der Waals surface area contributed by atoms with Crippen LogP contribution in [0.15, 0.2) is 24.3 Å². The second-order valence-electron chi connectivity index (χ2n) is 3.99. The van der Waals surface area contributed by atoms with Crippen molar-refractivity contribution in [2.45, 2.75) is 6.92 Å². The van der Waals surface area contributed by atoms with Gasteiger partial charge in [0.25, 0.3) is 0 Å². The number of hydrogen-bond acceptors (Lipinski definition) is 2. The van der Waals surface area contributed by atoms with Gasteiger partial charge < -0.3 is 4.74 Å². The highest BCUT2D eigenvalue weighted by Crippen LogP contribution is 2.39. The van der Waals surface area contributed by atoms with Gasteiger partial charge in [0, 0.05) is 11.1 Å². The van der Waals surface area contributed by atoms with Gasteiger partial charge in [0.2, 0.25) is 0 Å². The zero-order valence-electron chi connectivity index (χ0n) is 10.2. The molecule has 0 N–H and O–H groups in total. The number of rotatable bonds is 2. The van der Waals surface area contributed by atoms with Crippen molar-refractivity contribution >= 4 is 34.8 Å². The zero-order valence-corrected chi connectivity index (χ0v) is 12.4. The van der Waals surface area contributed by atoms with E-state index in [1.807, 2.05) is 6.07 Å². The minimum absolute atomic E-state index is 0.0499. The molecule has 0 saturated carbocycles. The number of nitriles is 1. The monoisotopic (exact) mass is 329 g/mol. The second kappa shape index (κ2) is 5.88. The van der Waals surface area contributed by atoms with Crippen LogP contribution in [0, 0.1) is 24.1 Å². The zero-order chi connectivity index (χ0) is 14.9. The van der Waals surface area contributed by atoms with Crippen LogP contribution in [0.4, 0.5) is 4.39 Å². The van der Waals surface area contributed by atoms with E-state index in [0.717, 1.165) is 0 Å². The number of ether oxygens (including phenoxy) is 1. The van der Waals surface area contributed by atoms with Gasteiger partial charge in [0.15, 0.2) is 11.6 Å². The Morgan fingerprint density at radius 2 is 1.90 bits per heavy atom. The summed E-state index contributed by atoms with van der Waals surface area (Å²) in [7, 11) is 0. The molecule has 0 aliphatic rings. The van der Waals surface area contributed by atoms with Crippen molar-refractivity contribution in [1.82, 2.24) is 0 Å². The molecule has 0 aromatic heterocycles. The molecule has 0 heterocycles. The molecule has 0 fully saturated rings. The number of halogens is 4. The number of nitrogens with zero attached hydrogens (tertiary/aromatic N) is 1. The standard InChI is InChI=1S/C14H7Cl3FNO/c1-7-2-3-10(16)14(13(7)18)20-11-5-9(15)4-8(6-19)12(11)17/h2-5H,1H3. The minimum atomic E-state index is -0.591. The minimum Gasteiger partial charge on any atom is -0.451 e. The van der Waals surface area contributed by atoms with Gasteiger partial charge in [-0.2, -0.15) is 5.26 Å². The van der Waals surface area contributed by atoms with E-state index in [2.05, 4.69) is 0 Å². The summed E-state index contributed by atoms with van der Waals surface area (Å²) in [6.45, 7) is 1.58. The van der Waals surface area contributed by atoms with Gasteiger partial charge in [0.1, 0.15) is 16.8 Å². The van der Waals surface area contributed by atoms with E-state index in [0.29, 0.717) is 5.56 Å². The van der Waals surface area contributed by atoms with Gasteiger partial charge >= 0.3 is 0 Å². The summed E-state index contributed by atoms with van der Waals surface area (Å²) in [5, 5.41) is 9.34. The first kappa shape index (κ1) is 14.9. The third-order valence-electron chi connectivity index (χ3n) is 2.58. The normalized spacial score (nSPS) is 10.2. The third kappa shape index (κ3) is 2.83. The van der Waals surface area contributed by atoms with E-state index >= 15 is 0 Å². The Balaban J connectivity index is 2.54. The van der Waals surface area contributed by atoms with Crippen LogP contribution in [0.5, 0.6) is 11.5 Å². The van der Waals surface area contributed by atoms with E-state index in [1.54, 1.807) is 6.92 Å². The fourth-order valence-corrected chi connectivity index (χ4v) is 2.14. The molecule has 2 nitrogen and oxygen atoms in total. The van der Waals surface area contributed by atoms with Gasteiger partial charge in [-0.3, -0.25) is 0 Å². The van der Waals surface area contributed by atoms with E-state index < -0.39 is 5.82 Å². The van der Waals surface area contributed by atoms with Crippen LogP contribution in [0.25, 0.3) is 0 Å². The molecule has 20 heavy (non-hydrogen) atoms. The van der Waals surface area contributed by atoms with Crippen LogP contribution in [0.2, 0.25) is 15.1 Å². The molecule has 6 heteroatoms. The van der Waals surface area contributed by atoms with E-state index in [9.17, 15) is 4.39 Å². The Labute approximate surface area is 130 Å². The van der Waals surface area contributed by atoms with Crippen molar-refractivity contribution < 1.29 is 9.13 Å². The quantitative estimate of drug-likeness (QED) is 0.701. The first-order valence-electron chi connectivity index (χ1n) is 5.45. The molecule has 0 spiro atoms. The molecule has 0 aliphatic carbocycles. The smallest absolute Gasteiger partial charge is 0.181 e. The predicted octanol–water partition coefficient (Wildman–Crippen LogP) is 5.76. The van der Waals surface area contributed by atoms with E-state index in [1.165, 1.54) is 24.3 Å². The SMILES string of the molecule is Cc1ccc(Cl)c(Oc2cc(Cl)cc(C#N)c2Cl)c1F. The molecular formula is C14H7Cl3FNO. The summed E-state index contributed by atoms with van der Waals surface area (Å²) >= 11 is 17.8. The average Bonchev–Trinajstić information content (AvgIpc) is 2.42. The van der Waals surface area contributed by atoms with Crippen LogP contribution in [0.1, 0.15) is 11.1 Å². The van der Waals surface area contributed by atoms with Crippen molar-refractivity contribution in [3.63, 3.8) is 0 Å². The largest absolute Gasteiger partial charge is 0.451 e. The second-order valence-corrected chi connectivity index (χ2v) is 5.21. The molecule has 2 aromatic rings. The Bertz CT molecular complexity index is 725. The summed E-state index contributed by atoms with van der Waals surface area (Å²) in [6, 6.07) is 7.71. The van der Waals surface area contributed by atoms with Crippen molar-refractivity contribution in [3.8, 4) is 17.6 Å². The Morgan fingerprint density at radius 3 is 2.55 bits per heavy atom. The average molecular weight is 331 g/mol. The highest BCUT2D eigenvalue weighted by molar-refractivity contribution is 6.35. The maximum Gasteiger partial charge on any atom is 0.181 e. The summed E-state index contributed by atoms with van der Waals surface area (Å²) in [5.41, 5.74) is 0.515. The summed E-state index contributed by atoms with van der Waals surface area (Å²) in [4.78, 5) is 0. The lowest BCUT2D eigenvalue weighted by Crippen LogP contribution is -1.94. The van der Waals surface area contributed by atoms with Crippen molar-refractivity contribution in [3.05, 3.63) is 56.3 Å². The van der Waals surface area contributed by atoms with Gasteiger partial charge in [-0.05, 0) is 24.6 Å². The number of hydrogen-bond donors (Lipinski definition) is 0. The highest BCUT2D eigenvalue weighted by Gasteiger charge is 2.16. The molecule has 0 saturated heterocycles. The molecule has 0 radical (unpaired) electrons. The maximum atomic E-state index is 14.0. The fraction of sp³-hybridized carbons (Fsp3) is 0.0714. The lowest BCUT2D eigenvalue weighted by molar-refractivity contribution is 0.440. The summed E-state index contributed by atoms with van der Waals surface area (Å²) < 4.78 is 19.4. The molecule has 2 aromatic carbocycles. The van der Waals surface area contributed by atoms with E-state index in [4.69, 9.17) is 44.8 Å². The molecular weight excluding hydrogens is 324 g/mol. The molecule has 0 amide bonds. The van der Waals surface area contributed by atoms with Crippen LogP contribution in [-0.4, -0.2) is 0 Å². The number of aryl methyl sites for hydroxylation is 1. The number of benzene rings is 2. The Kier molecular flexibility index (Phi) is 4.39. The molecule has 0 bridgehead atoms.